The van der Waals surface area contributed by atoms with Crippen LogP contribution in [0.5, 0.6) is 5.75 Å². The van der Waals surface area contributed by atoms with Gasteiger partial charge in [0.25, 0.3) is 5.91 Å². The van der Waals surface area contributed by atoms with Gasteiger partial charge in [0.15, 0.2) is 6.10 Å². The smallest absolute Gasteiger partial charge is 0.269 e. The Morgan fingerprint density at radius 1 is 1.14 bits per heavy atom. The van der Waals surface area contributed by atoms with Crippen molar-refractivity contribution in [3.63, 3.8) is 0 Å². The van der Waals surface area contributed by atoms with Crippen molar-refractivity contribution < 1.29 is 13.9 Å². The second-order valence-electron chi connectivity index (χ2n) is 6.82. The molecule has 0 aliphatic carbocycles. The molecule has 0 saturated heterocycles. The van der Waals surface area contributed by atoms with E-state index in [0.29, 0.717) is 11.6 Å². The molecule has 0 bridgehead atoms. The number of pyridine rings is 1. The van der Waals surface area contributed by atoms with E-state index in [1.54, 1.807) is 37.4 Å². The number of hydrogen-bond donors (Lipinski definition) is 0. The Morgan fingerprint density at radius 2 is 1.93 bits per heavy atom. The summed E-state index contributed by atoms with van der Waals surface area (Å²) in [4.78, 5) is 18.9. The quantitative estimate of drug-likeness (QED) is 0.537. The average molecular weight is 413 g/mol. The molecule has 0 saturated carbocycles. The lowest BCUT2D eigenvalue weighted by Gasteiger charge is -2.26. The molecule has 3 rings (SSSR count). The molecule has 1 atom stereocenters. The van der Waals surface area contributed by atoms with Crippen molar-refractivity contribution in [3.8, 4) is 5.75 Å². The minimum atomic E-state index is -0.801. The second kappa shape index (κ2) is 9.05. The molecule has 1 heterocycles. The van der Waals surface area contributed by atoms with Gasteiger partial charge < -0.3 is 4.74 Å². The number of nitrogens with zero attached hydrogens (tertiary/aromatic N) is 2. The summed E-state index contributed by atoms with van der Waals surface area (Å²) in [5.74, 6) is 0.168. The van der Waals surface area contributed by atoms with Gasteiger partial charge in [-0.25, -0.2) is 9.37 Å². The van der Waals surface area contributed by atoms with Crippen LogP contribution in [0.3, 0.4) is 0 Å². The average Bonchev–Trinajstić information content (AvgIpc) is 2.71. The van der Waals surface area contributed by atoms with Crippen LogP contribution in [0.4, 0.5) is 10.2 Å². The first-order chi connectivity index (χ1) is 13.9. The molecule has 4 nitrogen and oxygen atoms in total. The molecule has 0 fully saturated rings. The molecule has 0 unspecified atom stereocenters. The molecule has 2 aromatic carbocycles. The Balaban J connectivity index is 1.89. The fourth-order valence-corrected chi connectivity index (χ4v) is 3.11. The number of hydrogen-bond acceptors (Lipinski definition) is 3. The van der Waals surface area contributed by atoms with Crippen LogP contribution in [-0.4, -0.2) is 17.0 Å². The molecule has 0 aliphatic heterocycles. The largest absolute Gasteiger partial charge is 0.481 e. The third kappa shape index (κ3) is 4.93. The van der Waals surface area contributed by atoms with Gasteiger partial charge in [-0.3, -0.25) is 9.69 Å². The maximum atomic E-state index is 14.3. The SMILES string of the molecule is Cc1ccc(O[C@H](C)C(=O)N(Cc2c(F)cccc2Cl)c2ccccn2)cc1C. The van der Waals surface area contributed by atoms with Crippen LogP contribution >= 0.6 is 11.6 Å². The van der Waals surface area contributed by atoms with Crippen LogP contribution in [0.1, 0.15) is 23.6 Å². The molecule has 150 valence electrons. The molecule has 1 amide bonds. The molecule has 1 aromatic heterocycles. The number of aryl methyl sites for hydroxylation is 2. The van der Waals surface area contributed by atoms with Crippen molar-refractivity contribution in [1.82, 2.24) is 4.98 Å². The summed E-state index contributed by atoms with van der Waals surface area (Å²) in [5, 5.41) is 0.251. The van der Waals surface area contributed by atoms with Gasteiger partial charge in [0.2, 0.25) is 0 Å². The molecule has 0 aliphatic rings. The van der Waals surface area contributed by atoms with Gasteiger partial charge in [-0.15, -0.1) is 0 Å². The number of benzene rings is 2. The summed E-state index contributed by atoms with van der Waals surface area (Å²) in [6.45, 7) is 5.60. The van der Waals surface area contributed by atoms with Gasteiger partial charge in [0.05, 0.1) is 6.54 Å². The minimum absolute atomic E-state index is 0.0536. The number of ether oxygens (including phenoxy) is 1. The summed E-state index contributed by atoms with van der Waals surface area (Å²) in [7, 11) is 0. The van der Waals surface area contributed by atoms with Crippen LogP contribution in [0.2, 0.25) is 5.02 Å². The second-order valence-corrected chi connectivity index (χ2v) is 7.23. The van der Waals surface area contributed by atoms with E-state index < -0.39 is 11.9 Å². The monoisotopic (exact) mass is 412 g/mol. The van der Waals surface area contributed by atoms with Gasteiger partial charge in [-0.2, -0.15) is 0 Å². The Bertz CT molecular complexity index is 991. The van der Waals surface area contributed by atoms with Crippen molar-refractivity contribution in [1.29, 1.82) is 0 Å². The Hall–Kier alpha value is -2.92. The van der Waals surface area contributed by atoms with Crippen LogP contribution in [0, 0.1) is 19.7 Å². The number of rotatable bonds is 6. The van der Waals surface area contributed by atoms with E-state index in [9.17, 15) is 9.18 Å². The van der Waals surface area contributed by atoms with E-state index in [4.69, 9.17) is 16.3 Å². The fourth-order valence-electron chi connectivity index (χ4n) is 2.89. The first-order valence-corrected chi connectivity index (χ1v) is 9.64. The lowest BCUT2D eigenvalue weighted by atomic mass is 10.1. The van der Waals surface area contributed by atoms with Crippen LogP contribution in [-0.2, 0) is 11.3 Å². The maximum Gasteiger partial charge on any atom is 0.269 e. The molecule has 6 heteroatoms. The number of anilines is 1. The highest BCUT2D eigenvalue weighted by atomic mass is 35.5. The van der Waals surface area contributed by atoms with E-state index >= 15 is 0 Å². The van der Waals surface area contributed by atoms with Crippen molar-refractivity contribution in [2.75, 3.05) is 4.90 Å². The van der Waals surface area contributed by atoms with E-state index in [2.05, 4.69) is 4.98 Å². The zero-order valence-electron chi connectivity index (χ0n) is 16.5. The molecular formula is C23H22ClFN2O2. The van der Waals surface area contributed by atoms with E-state index in [-0.39, 0.29) is 23.0 Å². The predicted molar refractivity (Wildman–Crippen MR) is 113 cm³/mol. The lowest BCUT2D eigenvalue weighted by molar-refractivity contribution is -0.124. The van der Waals surface area contributed by atoms with Gasteiger partial charge in [-0.05, 0) is 68.3 Å². The molecular weight excluding hydrogens is 391 g/mol. The summed E-state index contributed by atoms with van der Waals surface area (Å²) >= 11 is 6.18. The van der Waals surface area contributed by atoms with Crippen LogP contribution < -0.4 is 9.64 Å². The van der Waals surface area contributed by atoms with E-state index in [1.807, 2.05) is 32.0 Å². The number of carbonyl (C=O) groups excluding carboxylic acids is 1. The van der Waals surface area contributed by atoms with Gasteiger partial charge >= 0.3 is 0 Å². The predicted octanol–water partition coefficient (Wildman–Crippen LogP) is 5.49. The normalized spacial score (nSPS) is 11.8. The highest BCUT2D eigenvalue weighted by molar-refractivity contribution is 6.31. The zero-order chi connectivity index (χ0) is 21.0. The fraction of sp³-hybridized carbons (Fsp3) is 0.217. The van der Waals surface area contributed by atoms with Crippen LogP contribution in [0.25, 0.3) is 0 Å². The summed E-state index contributed by atoms with van der Waals surface area (Å²) in [5.41, 5.74) is 2.44. The van der Waals surface area contributed by atoms with Gasteiger partial charge in [0.1, 0.15) is 17.4 Å². The Kier molecular flexibility index (Phi) is 6.49. The lowest BCUT2D eigenvalue weighted by Crippen LogP contribution is -2.41. The third-order valence-electron chi connectivity index (χ3n) is 4.71. The molecule has 0 N–H and O–H groups in total. The third-order valence-corrected chi connectivity index (χ3v) is 5.06. The molecule has 3 aromatic rings. The molecule has 0 radical (unpaired) electrons. The Morgan fingerprint density at radius 3 is 2.59 bits per heavy atom. The van der Waals surface area contributed by atoms with E-state index in [1.165, 1.54) is 17.0 Å². The molecule has 29 heavy (non-hydrogen) atoms. The number of aromatic nitrogens is 1. The number of halogens is 2. The number of amides is 1. The topological polar surface area (TPSA) is 42.4 Å². The highest BCUT2D eigenvalue weighted by Crippen LogP contribution is 2.25. The minimum Gasteiger partial charge on any atom is -0.481 e. The summed E-state index contributed by atoms with van der Waals surface area (Å²) < 4.78 is 20.2. The zero-order valence-corrected chi connectivity index (χ0v) is 17.3. The first-order valence-electron chi connectivity index (χ1n) is 9.26. The Labute approximate surface area is 174 Å². The highest BCUT2D eigenvalue weighted by Gasteiger charge is 2.26. The van der Waals surface area contributed by atoms with Gasteiger partial charge in [-0.1, -0.05) is 29.8 Å². The maximum absolute atomic E-state index is 14.3. The summed E-state index contributed by atoms with van der Waals surface area (Å²) in [6, 6.07) is 15.3. The molecule has 0 spiro atoms. The van der Waals surface area contributed by atoms with Crippen LogP contribution in [0.15, 0.2) is 60.8 Å². The van der Waals surface area contributed by atoms with Crippen molar-refractivity contribution in [3.05, 3.63) is 88.3 Å². The van der Waals surface area contributed by atoms with Crippen molar-refractivity contribution in [2.24, 2.45) is 0 Å². The first kappa shape index (κ1) is 20.8. The number of carbonyl (C=O) groups is 1. The van der Waals surface area contributed by atoms with Crippen molar-refractivity contribution >= 4 is 23.3 Å². The van der Waals surface area contributed by atoms with Gasteiger partial charge in [0, 0.05) is 16.8 Å². The van der Waals surface area contributed by atoms with Crippen molar-refractivity contribution in [2.45, 2.75) is 33.4 Å². The summed E-state index contributed by atoms with van der Waals surface area (Å²) in [6.07, 6.45) is 0.776. The van der Waals surface area contributed by atoms with E-state index in [0.717, 1.165) is 11.1 Å². The standard InChI is InChI=1S/C23H22ClFN2O2/c1-15-10-11-18(13-16(15)2)29-17(3)23(28)27(22-9-4-5-12-26-22)14-19-20(24)7-6-8-21(19)25/h4-13,17H,14H2,1-3H3/t17-/m1/s1.